The molecule has 1 atom stereocenters. The van der Waals surface area contributed by atoms with Crippen LogP contribution in [0.2, 0.25) is 10.0 Å². The van der Waals surface area contributed by atoms with Gasteiger partial charge in [0.05, 0.1) is 10.6 Å². The van der Waals surface area contributed by atoms with Crippen LogP contribution in [0.3, 0.4) is 0 Å². The Labute approximate surface area is 213 Å². The Morgan fingerprint density at radius 3 is 2.44 bits per heavy atom. The number of anilines is 1. The first-order valence-electron chi connectivity index (χ1n) is 11.8. The number of carbonyl (C=O) groups excluding carboxylic acids is 1. The molecule has 0 radical (unpaired) electrons. The lowest BCUT2D eigenvalue weighted by Gasteiger charge is -2.35. The molecule has 1 aliphatic rings. The lowest BCUT2D eigenvalue weighted by atomic mass is 10.00. The number of rotatable bonds is 10. The average Bonchev–Trinajstić information content (AvgIpc) is 2.80. The minimum Gasteiger partial charge on any atom is -0.354 e. The molecule has 0 saturated carbocycles. The second-order valence-corrected chi connectivity index (χ2v) is 11.5. The van der Waals surface area contributed by atoms with Gasteiger partial charge in [-0.05, 0) is 69.5 Å². The maximum absolute atomic E-state index is 13.5. The van der Waals surface area contributed by atoms with Crippen LogP contribution in [0.1, 0.15) is 44.6 Å². The maximum Gasteiger partial charge on any atom is 0.264 e. The molecule has 1 amide bonds. The molecule has 1 unspecified atom stereocenters. The molecule has 6 nitrogen and oxygen atoms in total. The maximum atomic E-state index is 13.5. The predicted molar refractivity (Wildman–Crippen MR) is 139 cm³/mol. The van der Waals surface area contributed by atoms with Crippen molar-refractivity contribution in [1.29, 1.82) is 0 Å². The minimum absolute atomic E-state index is 0.0951. The summed E-state index contributed by atoms with van der Waals surface area (Å²) >= 11 is 12.3. The average molecular weight is 527 g/mol. The largest absolute Gasteiger partial charge is 0.354 e. The van der Waals surface area contributed by atoms with Crippen molar-refractivity contribution in [3.8, 4) is 0 Å². The molecule has 1 fully saturated rings. The number of piperidine rings is 1. The zero-order valence-electron chi connectivity index (χ0n) is 19.8. The van der Waals surface area contributed by atoms with Gasteiger partial charge in [0.1, 0.15) is 6.54 Å². The van der Waals surface area contributed by atoms with E-state index in [0.717, 1.165) is 35.8 Å². The number of likely N-dealkylation sites (tertiary alicyclic amines) is 1. The van der Waals surface area contributed by atoms with E-state index in [1.807, 2.05) is 6.92 Å². The van der Waals surface area contributed by atoms with E-state index in [1.54, 1.807) is 12.1 Å². The normalized spacial score (nSPS) is 16.9. The van der Waals surface area contributed by atoms with Gasteiger partial charge >= 0.3 is 0 Å². The summed E-state index contributed by atoms with van der Waals surface area (Å²) < 4.78 is 28.0. The van der Waals surface area contributed by atoms with Crippen LogP contribution in [0, 0.1) is 6.92 Å². The van der Waals surface area contributed by atoms with Gasteiger partial charge in [-0.25, -0.2) is 8.42 Å². The highest BCUT2D eigenvalue weighted by atomic mass is 35.5. The van der Waals surface area contributed by atoms with E-state index >= 15 is 0 Å². The van der Waals surface area contributed by atoms with Crippen LogP contribution in [-0.2, 0) is 14.8 Å². The van der Waals surface area contributed by atoms with E-state index < -0.39 is 10.0 Å². The van der Waals surface area contributed by atoms with Gasteiger partial charge in [0.15, 0.2) is 0 Å². The van der Waals surface area contributed by atoms with Crippen molar-refractivity contribution in [2.75, 3.05) is 30.5 Å². The summed E-state index contributed by atoms with van der Waals surface area (Å²) in [6, 6.07) is 11.6. The number of hydrogen-bond donors (Lipinski definition) is 1. The molecule has 2 aromatic carbocycles. The van der Waals surface area contributed by atoms with Crippen molar-refractivity contribution in [3.05, 3.63) is 58.1 Å². The van der Waals surface area contributed by atoms with Gasteiger partial charge in [-0.15, -0.1) is 0 Å². The number of hydrogen-bond acceptors (Lipinski definition) is 4. The molecule has 0 aromatic heterocycles. The first-order chi connectivity index (χ1) is 16.2. The SMILES string of the molecule is CCC1CCCCN1CCCNC(=O)CN(c1cc(Cl)cc(Cl)c1)S(=O)(=O)c1ccc(C)cc1. The Bertz CT molecular complexity index is 1060. The van der Waals surface area contributed by atoms with Crippen molar-refractivity contribution < 1.29 is 13.2 Å². The number of nitrogens with zero attached hydrogens (tertiary/aromatic N) is 2. The molecule has 9 heteroatoms. The number of halogens is 2. The Hall–Kier alpha value is -1.80. The Balaban J connectivity index is 1.70. The second-order valence-electron chi connectivity index (χ2n) is 8.75. The summed E-state index contributed by atoms with van der Waals surface area (Å²) in [6.45, 7) is 6.24. The zero-order valence-corrected chi connectivity index (χ0v) is 22.1. The lowest BCUT2D eigenvalue weighted by molar-refractivity contribution is -0.119. The molecule has 0 bridgehead atoms. The number of carbonyl (C=O) groups is 1. The molecular formula is C25H33Cl2N3O3S. The van der Waals surface area contributed by atoms with E-state index in [-0.39, 0.29) is 23.0 Å². The topological polar surface area (TPSA) is 69.7 Å². The third kappa shape index (κ3) is 7.11. The second kappa shape index (κ2) is 12.2. The van der Waals surface area contributed by atoms with Crippen LogP contribution in [-0.4, -0.2) is 51.4 Å². The Kier molecular flexibility index (Phi) is 9.65. The van der Waals surface area contributed by atoms with Crippen molar-refractivity contribution in [3.63, 3.8) is 0 Å². The molecule has 1 N–H and O–H groups in total. The fourth-order valence-corrected chi connectivity index (χ4v) is 6.27. The van der Waals surface area contributed by atoms with Crippen molar-refractivity contribution in [1.82, 2.24) is 10.2 Å². The lowest BCUT2D eigenvalue weighted by Crippen LogP contribution is -2.43. The van der Waals surface area contributed by atoms with E-state index in [2.05, 4.69) is 17.1 Å². The standard InChI is InChI=1S/C25H33Cl2N3O3S/c1-3-22-7-4-5-13-29(22)14-6-12-28-25(31)18-30(23-16-20(26)15-21(27)17-23)34(32,33)24-10-8-19(2)9-11-24/h8-11,15-17,22H,3-7,12-14,18H2,1-2H3,(H,28,31). The predicted octanol–water partition coefficient (Wildman–Crippen LogP) is 5.27. The van der Waals surface area contributed by atoms with Crippen LogP contribution in [0.5, 0.6) is 0 Å². The molecule has 3 rings (SSSR count). The number of nitrogens with one attached hydrogen (secondary N) is 1. The number of amides is 1. The van der Waals surface area contributed by atoms with Crippen LogP contribution in [0.25, 0.3) is 0 Å². The van der Waals surface area contributed by atoms with E-state index in [4.69, 9.17) is 23.2 Å². The van der Waals surface area contributed by atoms with E-state index in [9.17, 15) is 13.2 Å². The molecule has 1 heterocycles. The first-order valence-corrected chi connectivity index (χ1v) is 14.0. The molecule has 0 spiro atoms. The van der Waals surface area contributed by atoms with Crippen LogP contribution < -0.4 is 9.62 Å². The highest BCUT2D eigenvalue weighted by molar-refractivity contribution is 7.92. The summed E-state index contributed by atoms with van der Waals surface area (Å²) in [4.78, 5) is 15.4. The number of aryl methyl sites for hydroxylation is 1. The van der Waals surface area contributed by atoms with Crippen LogP contribution >= 0.6 is 23.2 Å². The molecule has 2 aromatic rings. The number of benzene rings is 2. The summed E-state index contributed by atoms with van der Waals surface area (Å²) in [5, 5.41) is 3.46. The van der Waals surface area contributed by atoms with Crippen LogP contribution in [0.15, 0.2) is 47.4 Å². The monoisotopic (exact) mass is 525 g/mol. The molecule has 186 valence electrons. The van der Waals surface area contributed by atoms with Gasteiger partial charge in [-0.2, -0.15) is 0 Å². The molecule has 1 aliphatic heterocycles. The Morgan fingerprint density at radius 2 is 1.79 bits per heavy atom. The molecule has 1 saturated heterocycles. The van der Waals surface area contributed by atoms with Crippen LogP contribution in [0.4, 0.5) is 5.69 Å². The summed E-state index contributed by atoms with van der Waals surface area (Å²) in [7, 11) is -4.01. The van der Waals surface area contributed by atoms with Crippen molar-refractivity contribution in [2.24, 2.45) is 0 Å². The zero-order chi connectivity index (χ0) is 24.7. The van der Waals surface area contributed by atoms with Gasteiger partial charge < -0.3 is 10.2 Å². The number of sulfonamides is 1. The smallest absolute Gasteiger partial charge is 0.264 e. The van der Waals surface area contributed by atoms with Gasteiger partial charge in [-0.3, -0.25) is 9.10 Å². The quantitative estimate of drug-likeness (QED) is 0.429. The van der Waals surface area contributed by atoms with Gasteiger partial charge in [0.25, 0.3) is 10.0 Å². The third-order valence-electron chi connectivity index (χ3n) is 6.20. The summed E-state index contributed by atoms with van der Waals surface area (Å²) in [6.07, 6.45) is 5.69. The first kappa shape index (κ1) is 26.8. The fraction of sp³-hybridized carbons (Fsp3) is 0.480. The Morgan fingerprint density at radius 1 is 1.12 bits per heavy atom. The summed E-state index contributed by atoms with van der Waals surface area (Å²) in [5.74, 6) is -0.377. The highest BCUT2D eigenvalue weighted by Crippen LogP contribution is 2.29. The summed E-state index contributed by atoms with van der Waals surface area (Å²) in [5.41, 5.74) is 1.18. The van der Waals surface area contributed by atoms with Gasteiger partial charge in [-0.1, -0.05) is 54.2 Å². The van der Waals surface area contributed by atoms with E-state index in [1.165, 1.54) is 49.6 Å². The highest BCUT2D eigenvalue weighted by Gasteiger charge is 2.28. The van der Waals surface area contributed by atoms with Crippen molar-refractivity contribution in [2.45, 2.75) is 56.9 Å². The molecule has 0 aliphatic carbocycles. The van der Waals surface area contributed by atoms with Gasteiger partial charge in [0.2, 0.25) is 5.91 Å². The van der Waals surface area contributed by atoms with Gasteiger partial charge in [0, 0.05) is 29.2 Å². The van der Waals surface area contributed by atoms with Crippen molar-refractivity contribution >= 4 is 44.8 Å². The van der Waals surface area contributed by atoms with E-state index in [0.29, 0.717) is 22.6 Å². The molecular weight excluding hydrogens is 493 g/mol. The third-order valence-corrected chi connectivity index (χ3v) is 8.42. The minimum atomic E-state index is -4.01. The molecule has 34 heavy (non-hydrogen) atoms. The fourth-order valence-electron chi connectivity index (χ4n) is 4.35.